The van der Waals surface area contributed by atoms with Crippen LogP contribution in [0.1, 0.15) is 16.7 Å². The first-order valence-electron chi connectivity index (χ1n) is 8.41. The lowest BCUT2D eigenvalue weighted by Crippen LogP contribution is -2.19. The van der Waals surface area contributed by atoms with Crippen LogP contribution < -0.4 is 14.4 Å². The summed E-state index contributed by atoms with van der Waals surface area (Å²) in [4.78, 5) is 2.26. The third-order valence-corrected chi connectivity index (χ3v) is 4.69. The number of ether oxygens (including phenoxy) is 2. The molecule has 0 aromatic heterocycles. The Morgan fingerprint density at radius 2 is 1.24 bits per heavy atom. The Hall–Kier alpha value is -2.94. The van der Waals surface area contributed by atoms with Gasteiger partial charge in [0.2, 0.25) is 0 Å². The molecular formula is C22H21NO2. The number of methoxy groups -OCH3 is 2. The smallest absolute Gasteiger partial charge is 0.146 e. The first-order chi connectivity index (χ1) is 12.2. The highest BCUT2D eigenvalue weighted by molar-refractivity contribution is 5.89. The van der Waals surface area contributed by atoms with Crippen molar-refractivity contribution < 1.29 is 9.47 Å². The molecule has 25 heavy (non-hydrogen) atoms. The molecule has 0 saturated heterocycles. The van der Waals surface area contributed by atoms with Crippen molar-refractivity contribution in [1.82, 2.24) is 0 Å². The quantitative estimate of drug-likeness (QED) is 0.502. The summed E-state index contributed by atoms with van der Waals surface area (Å²) in [5.41, 5.74) is 6.98. The van der Waals surface area contributed by atoms with Gasteiger partial charge in [-0.05, 0) is 47.9 Å². The fourth-order valence-electron chi connectivity index (χ4n) is 3.58. The molecule has 0 aliphatic carbocycles. The van der Waals surface area contributed by atoms with E-state index in [4.69, 9.17) is 9.47 Å². The van der Waals surface area contributed by atoms with E-state index in [2.05, 4.69) is 65.6 Å². The number of aryl methyl sites for hydroxylation is 1. The van der Waals surface area contributed by atoms with Crippen LogP contribution in [0, 0.1) is 6.92 Å². The molecule has 3 heteroatoms. The molecule has 0 bridgehead atoms. The Kier molecular flexibility index (Phi) is 3.85. The van der Waals surface area contributed by atoms with Gasteiger partial charge in [0.05, 0.1) is 14.2 Å². The predicted octanol–water partition coefficient (Wildman–Crippen LogP) is 5.39. The van der Waals surface area contributed by atoms with Crippen molar-refractivity contribution in [2.24, 2.45) is 0 Å². The van der Waals surface area contributed by atoms with E-state index >= 15 is 0 Å². The minimum atomic E-state index is 0.809. The molecule has 0 radical (unpaired) electrons. The second kappa shape index (κ2) is 6.17. The molecule has 0 saturated carbocycles. The van der Waals surface area contributed by atoms with Gasteiger partial charge < -0.3 is 14.4 Å². The third-order valence-electron chi connectivity index (χ3n) is 4.69. The lowest BCUT2D eigenvalue weighted by molar-refractivity contribution is 0.396. The van der Waals surface area contributed by atoms with Gasteiger partial charge in [-0.2, -0.15) is 0 Å². The van der Waals surface area contributed by atoms with Crippen molar-refractivity contribution >= 4 is 17.1 Å². The summed E-state index contributed by atoms with van der Waals surface area (Å²) in [5, 5.41) is 0. The largest absolute Gasteiger partial charge is 0.494 e. The van der Waals surface area contributed by atoms with Gasteiger partial charge >= 0.3 is 0 Å². The number of rotatable bonds is 3. The number of hydrogen-bond acceptors (Lipinski definition) is 3. The summed E-state index contributed by atoms with van der Waals surface area (Å²) >= 11 is 0. The van der Waals surface area contributed by atoms with Gasteiger partial charge in [0.25, 0.3) is 0 Å². The molecule has 3 nitrogen and oxygen atoms in total. The highest BCUT2D eigenvalue weighted by Gasteiger charge is 2.28. The fraction of sp³-hybridized carbons (Fsp3) is 0.182. The number of anilines is 3. The van der Waals surface area contributed by atoms with Gasteiger partial charge in [-0.1, -0.05) is 36.4 Å². The van der Waals surface area contributed by atoms with Gasteiger partial charge in [0.15, 0.2) is 0 Å². The summed E-state index contributed by atoms with van der Waals surface area (Å²) in [6, 6.07) is 21.1. The van der Waals surface area contributed by atoms with Gasteiger partial charge in [0.1, 0.15) is 17.2 Å². The topological polar surface area (TPSA) is 21.7 Å². The van der Waals surface area contributed by atoms with Gasteiger partial charge in [-0.3, -0.25) is 0 Å². The molecule has 1 heterocycles. The molecule has 3 aromatic rings. The molecule has 0 amide bonds. The van der Waals surface area contributed by atoms with Crippen molar-refractivity contribution in [3.8, 4) is 11.5 Å². The Bertz CT molecular complexity index is 862. The molecule has 0 spiro atoms. The molecule has 1 aliphatic heterocycles. The van der Waals surface area contributed by atoms with E-state index in [1.807, 2.05) is 6.92 Å². The van der Waals surface area contributed by atoms with Crippen LogP contribution in [0.4, 0.5) is 17.1 Å². The molecule has 0 unspecified atom stereocenters. The van der Waals surface area contributed by atoms with Crippen LogP contribution in [-0.4, -0.2) is 14.2 Å². The van der Waals surface area contributed by atoms with Crippen molar-refractivity contribution in [2.45, 2.75) is 13.3 Å². The minimum absolute atomic E-state index is 0.809. The monoisotopic (exact) mass is 331 g/mol. The van der Waals surface area contributed by atoms with Crippen LogP contribution in [-0.2, 0) is 6.42 Å². The van der Waals surface area contributed by atoms with E-state index in [9.17, 15) is 0 Å². The standard InChI is InChI=1S/C22H21NO2/c1-15-12-20(24-2)22(21(13-15)25-3)23-18-10-6-4-8-16(18)14-17-9-5-7-11-19(17)23/h4-13H,14H2,1-3H3. The van der Waals surface area contributed by atoms with E-state index in [0.717, 1.165) is 29.2 Å². The molecule has 0 N–H and O–H groups in total. The number of fused-ring (bicyclic) bond motifs is 2. The number of hydrogen-bond donors (Lipinski definition) is 0. The maximum atomic E-state index is 5.73. The van der Waals surface area contributed by atoms with Crippen LogP contribution in [0.25, 0.3) is 0 Å². The number of para-hydroxylation sites is 2. The molecule has 4 rings (SSSR count). The van der Waals surface area contributed by atoms with Gasteiger partial charge in [0, 0.05) is 17.8 Å². The molecular weight excluding hydrogens is 310 g/mol. The van der Waals surface area contributed by atoms with E-state index in [1.165, 1.54) is 22.5 Å². The maximum Gasteiger partial charge on any atom is 0.146 e. The summed E-state index contributed by atoms with van der Waals surface area (Å²) in [6.45, 7) is 2.05. The lowest BCUT2D eigenvalue weighted by Gasteiger charge is -2.35. The molecule has 0 atom stereocenters. The Labute approximate surface area is 148 Å². The van der Waals surface area contributed by atoms with Crippen molar-refractivity contribution in [1.29, 1.82) is 0 Å². The highest BCUT2D eigenvalue weighted by Crippen LogP contribution is 2.50. The zero-order valence-corrected chi connectivity index (χ0v) is 14.7. The van der Waals surface area contributed by atoms with Crippen LogP contribution in [0.2, 0.25) is 0 Å². The fourth-order valence-corrected chi connectivity index (χ4v) is 3.58. The molecule has 3 aromatic carbocycles. The number of nitrogens with zero attached hydrogens (tertiary/aromatic N) is 1. The van der Waals surface area contributed by atoms with E-state index < -0.39 is 0 Å². The summed E-state index contributed by atoms with van der Waals surface area (Å²) in [7, 11) is 3.42. The first kappa shape index (κ1) is 15.6. The van der Waals surface area contributed by atoms with Crippen molar-refractivity contribution in [3.63, 3.8) is 0 Å². The number of benzene rings is 3. The van der Waals surface area contributed by atoms with Gasteiger partial charge in [-0.15, -0.1) is 0 Å². The lowest BCUT2D eigenvalue weighted by atomic mass is 9.94. The average Bonchev–Trinajstić information content (AvgIpc) is 2.65. The maximum absolute atomic E-state index is 5.73. The summed E-state index contributed by atoms with van der Waals surface area (Å²) in [6.07, 6.45) is 0.930. The highest BCUT2D eigenvalue weighted by atomic mass is 16.5. The summed E-state index contributed by atoms with van der Waals surface area (Å²) < 4.78 is 11.5. The second-order valence-corrected chi connectivity index (χ2v) is 6.29. The second-order valence-electron chi connectivity index (χ2n) is 6.29. The third kappa shape index (κ3) is 2.52. The van der Waals surface area contributed by atoms with Crippen LogP contribution in [0.3, 0.4) is 0 Å². The molecule has 0 fully saturated rings. The van der Waals surface area contributed by atoms with Crippen LogP contribution in [0.5, 0.6) is 11.5 Å². The Morgan fingerprint density at radius 1 is 0.760 bits per heavy atom. The average molecular weight is 331 g/mol. The summed E-state index contributed by atoms with van der Waals surface area (Å²) in [5.74, 6) is 1.62. The van der Waals surface area contributed by atoms with Crippen LogP contribution >= 0.6 is 0 Å². The molecule has 1 aliphatic rings. The van der Waals surface area contributed by atoms with Crippen molar-refractivity contribution in [3.05, 3.63) is 77.4 Å². The Morgan fingerprint density at radius 3 is 1.72 bits per heavy atom. The SMILES string of the molecule is COc1cc(C)cc(OC)c1N1c2ccccc2Cc2ccccc21. The van der Waals surface area contributed by atoms with E-state index in [-0.39, 0.29) is 0 Å². The van der Waals surface area contributed by atoms with E-state index in [0.29, 0.717) is 0 Å². The zero-order valence-electron chi connectivity index (χ0n) is 14.7. The van der Waals surface area contributed by atoms with Gasteiger partial charge in [-0.25, -0.2) is 0 Å². The van der Waals surface area contributed by atoms with Crippen LogP contribution in [0.15, 0.2) is 60.7 Å². The normalized spacial score (nSPS) is 12.4. The predicted molar refractivity (Wildman–Crippen MR) is 102 cm³/mol. The zero-order chi connectivity index (χ0) is 17.4. The Balaban J connectivity index is 2.04. The molecule has 126 valence electrons. The van der Waals surface area contributed by atoms with E-state index in [1.54, 1.807) is 14.2 Å². The minimum Gasteiger partial charge on any atom is -0.494 e. The first-order valence-corrected chi connectivity index (χ1v) is 8.41. The van der Waals surface area contributed by atoms with Crippen molar-refractivity contribution in [2.75, 3.05) is 19.1 Å².